The van der Waals surface area contributed by atoms with Crippen LogP contribution in [0, 0.1) is 5.82 Å². The highest BCUT2D eigenvalue weighted by Crippen LogP contribution is 2.20. The Morgan fingerprint density at radius 1 is 1.09 bits per heavy atom. The number of hydrogen-bond donors (Lipinski definition) is 1. The minimum Gasteiger partial charge on any atom is -0.494 e. The first-order valence-electron chi connectivity index (χ1n) is 7.62. The van der Waals surface area contributed by atoms with E-state index in [1.165, 1.54) is 24.0 Å². The fraction of sp³-hybridized carbons (Fsp3) is 0.222. The molecule has 0 spiro atoms. The van der Waals surface area contributed by atoms with Crippen LogP contribution in [-0.2, 0) is 6.42 Å². The van der Waals surface area contributed by atoms with E-state index in [2.05, 4.69) is 15.3 Å². The minimum absolute atomic E-state index is 0.290. The molecule has 118 valence electrons. The molecule has 0 amide bonds. The Kier molecular flexibility index (Phi) is 4.66. The molecular weight excluding hydrogens is 293 g/mol. The van der Waals surface area contributed by atoms with Gasteiger partial charge in [0.1, 0.15) is 23.7 Å². The lowest BCUT2D eigenvalue weighted by atomic mass is 10.1. The standard InChI is InChI=1S/C18H18FN3O/c1-2-23-15-6-3-13(4-7-15)9-10-20-18-16-11-14(19)5-8-17(16)21-12-22-18/h3-8,11-12H,2,9-10H2,1H3,(H,20,21,22). The lowest BCUT2D eigenvalue weighted by Gasteiger charge is -2.09. The van der Waals surface area contributed by atoms with Crippen molar-refractivity contribution in [2.45, 2.75) is 13.3 Å². The highest BCUT2D eigenvalue weighted by Gasteiger charge is 2.04. The number of anilines is 1. The number of aromatic nitrogens is 2. The zero-order valence-corrected chi connectivity index (χ0v) is 12.9. The summed E-state index contributed by atoms with van der Waals surface area (Å²) in [4.78, 5) is 8.35. The van der Waals surface area contributed by atoms with Crippen LogP contribution in [-0.4, -0.2) is 23.1 Å². The molecule has 0 saturated carbocycles. The monoisotopic (exact) mass is 311 g/mol. The zero-order chi connectivity index (χ0) is 16.1. The van der Waals surface area contributed by atoms with E-state index < -0.39 is 0 Å². The Labute approximate surface area is 134 Å². The van der Waals surface area contributed by atoms with E-state index in [0.717, 1.165) is 17.7 Å². The van der Waals surface area contributed by atoms with Crippen LogP contribution in [0.1, 0.15) is 12.5 Å². The van der Waals surface area contributed by atoms with Crippen molar-refractivity contribution >= 4 is 16.7 Å². The van der Waals surface area contributed by atoms with E-state index in [9.17, 15) is 4.39 Å². The Bertz CT molecular complexity index is 790. The van der Waals surface area contributed by atoms with Crippen molar-refractivity contribution in [2.75, 3.05) is 18.5 Å². The molecule has 0 bridgehead atoms. The number of ether oxygens (including phenoxy) is 1. The number of benzene rings is 2. The molecule has 1 heterocycles. The lowest BCUT2D eigenvalue weighted by molar-refractivity contribution is 0.340. The molecule has 1 aromatic heterocycles. The van der Waals surface area contributed by atoms with Crippen molar-refractivity contribution in [3.8, 4) is 5.75 Å². The average molecular weight is 311 g/mol. The predicted octanol–water partition coefficient (Wildman–Crippen LogP) is 3.82. The number of halogens is 1. The summed E-state index contributed by atoms with van der Waals surface area (Å²) >= 11 is 0. The van der Waals surface area contributed by atoms with Gasteiger partial charge in [-0.15, -0.1) is 0 Å². The second-order valence-electron chi connectivity index (χ2n) is 5.14. The molecule has 5 heteroatoms. The third kappa shape index (κ3) is 3.74. The Hall–Kier alpha value is -2.69. The fourth-order valence-electron chi connectivity index (χ4n) is 2.41. The quantitative estimate of drug-likeness (QED) is 0.752. The van der Waals surface area contributed by atoms with E-state index in [1.54, 1.807) is 6.07 Å². The fourth-order valence-corrected chi connectivity index (χ4v) is 2.41. The van der Waals surface area contributed by atoms with Crippen LogP contribution in [0.2, 0.25) is 0 Å². The van der Waals surface area contributed by atoms with Crippen molar-refractivity contribution in [1.29, 1.82) is 0 Å². The topological polar surface area (TPSA) is 47.0 Å². The average Bonchev–Trinajstić information content (AvgIpc) is 2.57. The zero-order valence-electron chi connectivity index (χ0n) is 12.9. The van der Waals surface area contributed by atoms with Crippen LogP contribution in [0.4, 0.5) is 10.2 Å². The summed E-state index contributed by atoms with van der Waals surface area (Å²) in [7, 11) is 0. The summed E-state index contributed by atoms with van der Waals surface area (Å²) in [5, 5.41) is 3.95. The smallest absolute Gasteiger partial charge is 0.137 e. The van der Waals surface area contributed by atoms with Crippen LogP contribution in [0.15, 0.2) is 48.8 Å². The van der Waals surface area contributed by atoms with Crippen LogP contribution in [0.5, 0.6) is 5.75 Å². The predicted molar refractivity (Wildman–Crippen MR) is 89.3 cm³/mol. The van der Waals surface area contributed by atoms with Gasteiger partial charge in [-0.3, -0.25) is 0 Å². The van der Waals surface area contributed by atoms with Crippen molar-refractivity contribution < 1.29 is 9.13 Å². The normalized spacial score (nSPS) is 10.7. The van der Waals surface area contributed by atoms with Gasteiger partial charge in [0.25, 0.3) is 0 Å². The van der Waals surface area contributed by atoms with E-state index in [1.807, 2.05) is 31.2 Å². The van der Waals surface area contributed by atoms with Gasteiger partial charge in [-0.1, -0.05) is 12.1 Å². The van der Waals surface area contributed by atoms with E-state index >= 15 is 0 Å². The van der Waals surface area contributed by atoms with E-state index in [-0.39, 0.29) is 5.82 Å². The van der Waals surface area contributed by atoms with Crippen molar-refractivity contribution in [1.82, 2.24) is 9.97 Å². The number of nitrogens with zero attached hydrogens (tertiary/aromatic N) is 2. The molecule has 23 heavy (non-hydrogen) atoms. The molecule has 4 nitrogen and oxygen atoms in total. The van der Waals surface area contributed by atoms with Crippen molar-refractivity contribution in [2.24, 2.45) is 0 Å². The van der Waals surface area contributed by atoms with E-state index in [4.69, 9.17) is 4.74 Å². The molecule has 0 aliphatic rings. The molecular formula is C18H18FN3O. The van der Waals surface area contributed by atoms with E-state index in [0.29, 0.717) is 24.4 Å². The van der Waals surface area contributed by atoms with Gasteiger partial charge in [0.15, 0.2) is 0 Å². The Morgan fingerprint density at radius 3 is 2.70 bits per heavy atom. The summed E-state index contributed by atoms with van der Waals surface area (Å²) < 4.78 is 18.8. The largest absolute Gasteiger partial charge is 0.494 e. The number of hydrogen-bond acceptors (Lipinski definition) is 4. The number of nitrogens with one attached hydrogen (secondary N) is 1. The minimum atomic E-state index is -0.290. The van der Waals surface area contributed by atoms with Crippen LogP contribution >= 0.6 is 0 Å². The molecule has 0 unspecified atom stereocenters. The summed E-state index contributed by atoms with van der Waals surface area (Å²) in [6, 6.07) is 12.5. The summed E-state index contributed by atoms with van der Waals surface area (Å²) in [6.45, 7) is 3.33. The molecule has 2 aromatic carbocycles. The van der Waals surface area contributed by atoms with Gasteiger partial charge in [0.05, 0.1) is 12.1 Å². The van der Waals surface area contributed by atoms with Gasteiger partial charge in [0, 0.05) is 11.9 Å². The number of fused-ring (bicyclic) bond motifs is 1. The summed E-state index contributed by atoms with van der Waals surface area (Å²) in [6.07, 6.45) is 2.33. The van der Waals surface area contributed by atoms with Gasteiger partial charge >= 0.3 is 0 Å². The first-order valence-corrected chi connectivity index (χ1v) is 7.62. The Morgan fingerprint density at radius 2 is 1.91 bits per heavy atom. The molecule has 3 rings (SSSR count). The molecule has 0 saturated heterocycles. The first-order chi connectivity index (χ1) is 11.3. The second-order valence-corrected chi connectivity index (χ2v) is 5.14. The molecule has 0 atom stereocenters. The van der Waals surface area contributed by atoms with Gasteiger partial charge in [-0.25, -0.2) is 14.4 Å². The Balaban J connectivity index is 1.65. The van der Waals surface area contributed by atoms with Crippen LogP contribution < -0.4 is 10.1 Å². The molecule has 0 aliphatic carbocycles. The second kappa shape index (κ2) is 7.05. The highest BCUT2D eigenvalue weighted by molar-refractivity contribution is 5.88. The SMILES string of the molecule is CCOc1ccc(CCNc2ncnc3ccc(F)cc23)cc1. The molecule has 0 aliphatic heterocycles. The highest BCUT2D eigenvalue weighted by atomic mass is 19.1. The van der Waals surface area contributed by atoms with Crippen molar-refractivity contribution in [3.05, 3.63) is 60.2 Å². The maximum Gasteiger partial charge on any atom is 0.137 e. The molecule has 0 fully saturated rings. The van der Waals surface area contributed by atoms with Gasteiger partial charge in [-0.05, 0) is 49.2 Å². The molecule has 0 radical (unpaired) electrons. The maximum atomic E-state index is 13.4. The number of rotatable bonds is 6. The van der Waals surface area contributed by atoms with Gasteiger partial charge in [0.2, 0.25) is 0 Å². The van der Waals surface area contributed by atoms with Crippen LogP contribution in [0.3, 0.4) is 0 Å². The van der Waals surface area contributed by atoms with Crippen molar-refractivity contribution in [3.63, 3.8) is 0 Å². The van der Waals surface area contributed by atoms with Gasteiger partial charge < -0.3 is 10.1 Å². The third-order valence-electron chi connectivity index (χ3n) is 3.54. The maximum absolute atomic E-state index is 13.4. The first kappa shape index (κ1) is 15.2. The third-order valence-corrected chi connectivity index (χ3v) is 3.54. The van der Waals surface area contributed by atoms with Crippen LogP contribution in [0.25, 0.3) is 10.9 Å². The lowest BCUT2D eigenvalue weighted by Crippen LogP contribution is -2.07. The molecule has 1 N–H and O–H groups in total. The summed E-state index contributed by atoms with van der Waals surface area (Å²) in [5.74, 6) is 1.24. The van der Waals surface area contributed by atoms with Gasteiger partial charge in [-0.2, -0.15) is 0 Å². The summed E-state index contributed by atoms with van der Waals surface area (Å²) in [5.41, 5.74) is 1.93. The molecule has 3 aromatic rings.